The highest BCUT2D eigenvalue weighted by molar-refractivity contribution is 7.92. The quantitative estimate of drug-likeness (QED) is 0.834. The lowest BCUT2D eigenvalue weighted by atomic mass is 10.2. The minimum Gasteiger partial charge on any atom is -0.366 e. The molecule has 1 aliphatic carbocycles. The molecule has 7 heteroatoms. The van der Waals surface area contributed by atoms with E-state index in [1.165, 1.54) is 12.8 Å². The third-order valence-electron chi connectivity index (χ3n) is 3.10. The van der Waals surface area contributed by atoms with Gasteiger partial charge >= 0.3 is 0 Å². The lowest BCUT2D eigenvalue weighted by molar-refractivity contribution is 0.599. The second kappa shape index (κ2) is 6.18. The summed E-state index contributed by atoms with van der Waals surface area (Å²) in [6.07, 6.45) is 5.39. The predicted molar refractivity (Wildman–Crippen MR) is 75.6 cm³/mol. The molecule has 2 rings (SSSR count). The van der Waals surface area contributed by atoms with Gasteiger partial charge in [-0.05, 0) is 31.4 Å². The number of rotatable bonds is 6. The van der Waals surface area contributed by atoms with Crippen LogP contribution in [-0.2, 0) is 10.0 Å². The van der Waals surface area contributed by atoms with Gasteiger partial charge in [0.05, 0.1) is 5.75 Å². The molecule has 106 valence electrons. The normalized spacial score (nSPS) is 16.5. The summed E-state index contributed by atoms with van der Waals surface area (Å²) >= 11 is 0. The first kappa shape index (κ1) is 14.0. The molecule has 1 aliphatic rings. The molecule has 0 aliphatic heterocycles. The van der Waals surface area contributed by atoms with Gasteiger partial charge in [0, 0.05) is 6.04 Å². The van der Waals surface area contributed by atoms with E-state index >= 15 is 0 Å². The standard InChI is InChI=1S/C12H20N4O2S/c1-2-9-19(17,18)16-12-8-7-11(14-15-12)13-10-5-3-4-6-10/h7-8,10H,2-6,9H2,1H3,(H,13,14)(H,15,16). The summed E-state index contributed by atoms with van der Waals surface area (Å²) in [5.41, 5.74) is 0. The molecule has 1 saturated carbocycles. The number of nitrogens with one attached hydrogen (secondary N) is 2. The van der Waals surface area contributed by atoms with Crippen LogP contribution in [0.4, 0.5) is 11.6 Å². The van der Waals surface area contributed by atoms with Crippen LogP contribution in [0.3, 0.4) is 0 Å². The molecule has 1 aromatic rings. The number of sulfonamides is 1. The van der Waals surface area contributed by atoms with Gasteiger partial charge in [-0.2, -0.15) is 0 Å². The summed E-state index contributed by atoms with van der Waals surface area (Å²) in [5.74, 6) is 1.06. The third kappa shape index (κ3) is 4.34. The van der Waals surface area contributed by atoms with Gasteiger partial charge in [0.25, 0.3) is 0 Å². The molecule has 0 spiro atoms. The average molecular weight is 284 g/mol. The van der Waals surface area contributed by atoms with E-state index in [0.717, 1.165) is 12.8 Å². The monoisotopic (exact) mass is 284 g/mol. The summed E-state index contributed by atoms with van der Waals surface area (Å²) in [6.45, 7) is 1.82. The zero-order chi connectivity index (χ0) is 13.7. The van der Waals surface area contributed by atoms with Crippen molar-refractivity contribution in [3.05, 3.63) is 12.1 Å². The summed E-state index contributed by atoms with van der Waals surface area (Å²) in [7, 11) is -3.29. The van der Waals surface area contributed by atoms with Gasteiger partial charge in [0.1, 0.15) is 5.82 Å². The second-order valence-electron chi connectivity index (χ2n) is 4.85. The predicted octanol–water partition coefficient (Wildman–Crippen LogP) is 1.98. The maximum Gasteiger partial charge on any atom is 0.233 e. The van der Waals surface area contributed by atoms with Gasteiger partial charge in [-0.15, -0.1) is 10.2 Å². The minimum absolute atomic E-state index is 0.0940. The van der Waals surface area contributed by atoms with Gasteiger partial charge in [-0.3, -0.25) is 4.72 Å². The summed E-state index contributed by atoms with van der Waals surface area (Å²) in [6, 6.07) is 3.86. The Bertz CT molecular complexity index is 495. The largest absolute Gasteiger partial charge is 0.366 e. The van der Waals surface area contributed by atoms with Crippen molar-refractivity contribution in [3.8, 4) is 0 Å². The van der Waals surface area contributed by atoms with Crippen molar-refractivity contribution in [2.45, 2.75) is 45.1 Å². The Kier molecular flexibility index (Phi) is 4.57. The molecule has 19 heavy (non-hydrogen) atoms. The molecule has 6 nitrogen and oxygen atoms in total. The first-order chi connectivity index (χ1) is 9.09. The fourth-order valence-electron chi connectivity index (χ4n) is 2.22. The van der Waals surface area contributed by atoms with E-state index in [1.807, 2.05) is 6.92 Å². The highest BCUT2D eigenvalue weighted by Crippen LogP contribution is 2.21. The molecule has 0 saturated heterocycles. The van der Waals surface area contributed by atoms with Gasteiger partial charge in [-0.25, -0.2) is 8.42 Å². The first-order valence-electron chi connectivity index (χ1n) is 6.70. The molecular weight excluding hydrogens is 264 g/mol. The van der Waals surface area contributed by atoms with Crippen molar-refractivity contribution in [1.29, 1.82) is 0 Å². The van der Waals surface area contributed by atoms with E-state index in [2.05, 4.69) is 20.2 Å². The zero-order valence-electron chi connectivity index (χ0n) is 11.1. The van der Waals surface area contributed by atoms with E-state index in [1.54, 1.807) is 12.1 Å². The van der Waals surface area contributed by atoms with Crippen LogP contribution in [0.2, 0.25) is 0 Å². The molecule has 2 N–H and O–H groups in total. The van der Waals surface area contributed by atoms with E-state index in [0.29, 0.717) is 18.3 Å². The average Bonchev–Trinajstić information content (AvgIpc) is 2.84. The Labute approximate surface area is 114 Å². The topological polar surface area (TPSA) is 84.0 Å². The number of anilines is 2. The fraction of sp³-hybridized carbons (Fsp3) is 0.667. The van der Waals surface area contributed by atoms with Crippen molar-refractivity contribution in [3.63, 3.8) is 0 Å². The van der Waals surface area contributed by atoms with Crippen LogP contribution in [0.1, 0.15) is 39.0 Å². The molecule has 0 atom stereocenters. The molecule has 0 unspecified atom stereocenters. The van der Waals surface area contributed by atoms with E-state index in [9.17, 15) is 8.42 Å². The Morgan fingerprint density at radius 3 is 2.42 bits per heavy atom. The molecule has 0 bridgehead atoms. The van der Waals surface area contributed by atoms with Gasteiger partial charge in [0.2, 0.25) is 10.0 Å². The maximum atomic E-state index is 11.6. The van der Waals surface area contributed by atoms with Crippen LogP contribution in [0.15, 0.2) is 12.1 Å². The van der Waals surface area contributed by atoms with E-state index in [4.69, 9.17) is 0 Å². The number of hydrogen-bond acceptors (Lipinski definition) is 5. The van der Waals surface area contributed by atoms with Gasteiger partial charge in [-0.1, -0.05) is 19.8 Å². The molecule has 0 amide bonds. The van der Waals surface area contributed by atoms with Crippen molar-refractivity contribution < 1.29 is 8.42 Å². The Morgan fingerprint density at radius 2 is 1.84 bits per heavy atom. The molecule has 1 aromatic heterocycles. The summed E-state index contributed by atoms with van der Waals surface area (Å²) in [5, 5.41) is 11.2. The van der Waals surface area contributed by atoms with Crippen LogP contribution < -0.4 is 10.0 Å². The van der Waals surface area contributed by atoms with Gasteiger partial charge < -0.3 is 5.32 Å². The van der Waals surface area contributed by atoms with E-state index in [-0.39, 0.29) is 11.6 Å². The Balaban J connectivity index is 1.94. The van der Waals surface area contributed by atoms with Crippen molar-refractivity contribution in [2.24, 2.45) is 0 Å². The first-order valence-corrected chi connectivity index (χ1v) is 8.35. The molecule has 1 fully saturated rings. The van der Waals surface area contributed by atoms with Crippen molar-refractivity contribution in [2.75, 3.05) is 15.8 Å². The van der Waals surface area contributed by atoms with Crippen LogP contribution in [0, 0.1) is 0 Å². The smallest absolute Gasteiger partial charge is 0.233 e. The molecule has 0 radical (unpaired) electrons. The lowest BCUT2D eigenvalue weighted by Crippen LogP contribution is -2.18. The summed E-state index contributed by atoms with van der Waals surface area (Å²) in [4.78, 5) is 0. The SMILES string of the molecule is CCCS(=O)(=O)Nc1ccc(NC2CCCC2)nn1. The Morgan fingerprint density at radius 1 is 1.21 bits per heavy atom. The van der Waals surface area contributed by atoms with Gasteiger partial charge in [0.15, 0.2) is 5.82 Å². The zero-order valence-corrected chi connectivity index (χ0v) is 11.9. The minimum atomic E-state index is -3.29. The summed E-state index contributed by atoms with van der Waals surface area (Å²) < 4.78 is 25.5. The highest BCUT2D eigenvalue weighted by Gasteiger charge is 2.15. The molecular formula is C12H20N4O2S. The Hall–Kier alpha value is -1.37. The third-order valence-corrected chi connectivity index (χ3v) is 4.57. The molecule has 0 aromatic carbocycles. The number of hydrogen-bond donors (Lipinski definition) is 2. The van der Waals surface area contributed by atoms with Crippen LogP contribution in [0.5, 0.6) is 0 Å². The van der Waals surface area contributed by atoms with Crippen LogP contribution in [0.25, 0.3) is 0 Å². The van der Waals surface area contributed by atoms with Crippen LogP contribution in [-0.4, -0.2) is 30.4 Å². The van der Waals surface area contributed by atoms with Crippen LogP contribution >= 0.6 is 0 Å². The second-order valence-corrected chi connectivity index (χ2v) is 6.69. The fourth-order valence-corrected chi connectivity index (χ4v) is 3.29. The number of nitrogens with zero attached hydrogens (tertiary/aromatic N) is 2. The van der Waals surface area contributed by atoms with E-state index < -0.39 is 10.0 Å². The van der Waals surface area contributed by atoms with Crippen molar-refractivity contribution >= 4 is 21.7 Å². The number of aromatic nitrogens is 2. The lowest BCUT2D eigenvalue weighted by Gasteiger charge is -2.12. The van der Waals surface area contributed by atoms with Crippen molar-refractivity contribution in [1.82, 2.24) is 10.2 Å². The molecule has 1 heterocycles. The maximum absolute atomic E-state index is 11.6. The highest BCUT2D eigenvalue weighted by atomic mass is 32.2.